The summed E-state index contributed by atoms with van der Waals surface area (Å²) in [6, 6.07) is -0.110. The van der Waals surface area contributed by atoms with Gasteiger partial charge in [-0.3, -0.25) is 29.3 Å². The van der Waals surface area contributed by atoms with E-state index in [9.17, 15) is 14.4 Å². The normalized spacial score (nSPS) is 24.4. The van der Waals surface area contributed by atoms with Crippen molar-refractivity contribution in [2.75, 3.05) is 51.1 Å². The standard InChI is InChI=1S/C19H29N7O3/c27-17-2-1-16(19(29)23-17)22-14-11-21-26(12-14)15-3-7-24(8-4-15)13-18(28)25-9-5-20-6-10-25/h11-12,15-16,20,22H,1-10,13H2,(H,23,27,29). The number of piperidine rings is 2. The molecule has 10 heteroatoms. The second-order valence-corrected chi connectivity index (χ2v) is 8.00. The van der Waals surface area contributed by atoms with Crippen molar-refractivity contribution in [1.29, 1.82) is 0 Å². The number of nitrogens with one attached hydrogen (secondary N) is 3. The van der Waals surface area contributed by atoms with E-state index < -0.39 is 6.04 Å². The number of rotatable bonds is 5. The largest absolute Gasteiger partial charge is 0.371 e. The Morgan fingerprint density at radius 1 is 1.14 bits per heavy atom. The molecule has 1 atom stereocenters. The van der Waals surface area contributed by atoms with Gasteiger partial charge in [-0.15, -0.1) is 0 Å². The van der Waals surface area contributed by atoms with Gasteiger partial charge in [0, 0.05) is 51.9 Å². The minimum atomic E-state index is -0.400. The SMILES string of the molecule is O=C1CCC(Nc2cnn(C3CCN(CC(=O)N4CCNCC4)CC3)c2)C(=O)N1. The van der Waals surface area contributed by atoms with Crippen molar-refractivity contribution in [3.05, 3.63) is 12.4 Å². The summed E-state index contributed by atoms with van der Waals surface area (Å²) in [5.74, 6) is -0.276. The lowest BCUT2D eigenvalue weighted by molar-refractivity contribution is -0.134. The van der Waals surface area contributed by atoms with Gasteiger partial charge in [0.05, 0.1) is 24.5 Å². The van der Waals surface area contributed by atoms with Crippen molar-refractivity contribution in [3.8, 4) is 0 Å². The zero-order valence-corrected chi connectivity index (χ0v) is 16.6. The van der Waals surface area contributed by atoms with E-state index in [4.69, 9.17) is 0 Å². The predicted octanol–water partition coefficient (Wildman–Crippen LogP) is -0.831. The first-order valence-corrected chi connectivity index (χ1v) is 10.4. The van der Waals surface area contributed by atoms with Crippen LogP contribution in [0.4, 0.5) is 5.69 Å². The highest BCUT2D eigenvalue weighted by atomic mass is 16.2. The van der Waals surface area contributed by atoms with Gasteiger partial charge in [0.15, 0.2) is 0 Å². The van der Waals surface area contributed by atoms with Crippen LogP contribution in [0.3, 0.4) is 0 Å². The summed E-state index contributed by atoms with van der Waals surface area (Å²) in [4.78, 5) is 39.8. The average molecular weight is 403 g/mol. The number of amides is 3. The fourth-order valence-electron chi connectivity index (χ4n) is 4.19. The van der Waals surface area contributed by atoms with E-state index in [1.54, 1.807) is 6.20 Å². The van der Waals surface area contributed by atoms with Crippen molar-refractivity contribution >= 4 is 23.4 Å². The van der Waals surface area contributed by atoms with Crippen LogP contribution in [-0.2, 0) is 14.4 Å². The van der Waals surface area contributed by atoms with Crippen molar-refractivity contribution in [2.24, 2.45) is 0 Å². The number of piperazine rings is 1. The molecule has 3 aliphatic rings. The number of carbonyl (C=O) groups is 3. The minimum absolute atomic E-state index is 0.217. The topological polar surface area (TPSA) is 112 Å². The molecule has 3 fully saturated rings. The molecule has 3 aliphatic heterocycles. The van der Waals surface area contributed by atoms with Crippen LogP contribution in [0, 0.1) is 0 Å². The highest BCUT2D eigenvalue weighted by Crippen LogP contribution is 2.24. The molecule has 0 saturated carbocycles. The Kier molecular flexibility index (Phi) is 6.10. The maximum Gasteiger partial charge on any atom is 0.249 e. The molecule has 0 aliphatic carbocycles. The molecule has 0 spiro atoms. The molecule has 3 amide bonds. The summed E-state index contributed by atoms with van der Waals surface area (Å²) >= 11 is 0. The summed E-state index contributed by atoms with van der Waals surface area (Å²) in [7, 11) is 0. The zero-order chi connectivity index (χ0) is 20.2. The molecule has 1 aromatic heterocycles. The van der Waals surface area contributed by atoms with Crippen LogP contribution >= 0.6 is 0 Å². The Morgan fingerprint density at radius 3 is 2.62 bits per heavy atom. The van der Waals surface area contributed by atoms with Crippen molar-refractivity contribution < 1.29 is 14.4 Å². The Hall–Kier alpha value is -2.46. The summed E-state index contributed by atoms with van der Waals surface area (Å²) < 4.78 is 1.95. The summed E-state index contributed by atoms with van der Waals surface area (Å²) in [6.45, 7) is 5.59. The van der Waals surface area contributed by atoms with E-state index in [1.165, 1.54) is 0 Å². The van der Waals surface area contributed by atoms with Gasteiger partial charge in [-0.2, -0.15) is 5.10 Å². The number of nitrogens with zero attached hydrogens (tertiary/aromatic N) is 4. The van der Waals surface area contributed by atoms with Crippen LogP contribution in [0.1, 0.15) is 31.7 Å². The van der Waals surface area contributed by atoms with Gasteiger partial charge >= 0.3 is 0 Å². The Labute approximate surface area is 170 Å². The van der Waals surface area contributed by atoms with Gasteiger partial charge in [0.2, 0.25) is 17.7 Å². The number of likely N-dealkylation sites (tertiary alicyclic amines) is 1. The molecule has 4 heterocycles. The maximum atomic E-state index is 12.4. The quantitative estimate of drug-likeness (QED) is 0.550. The lowest BCUT2D eigenvalue weighted by Crippen LogP contribution is -2.50. The van der Waals surface area contributed by atoms with Crippen molar-refractivity contribution in [2.45, 2.75) is 37.8 Å². The fraction of sp³-hybridized carbons (Fsp3) is 0.684. The van der Waals surface area contributed by atoms with Crippen molar-refractivity contribution in [3.63, 3.8) is 0 Å². The summed E-state index contributed by atoms with van der Waals surface area (Å²) in [5, 5.41) is 13.3. The number of hydrogen-bond donors (Lipinski definition) is 3. The second-order valence-electron chi connectivity index (χ2n) is 8.00. The minimum Gasteiger partial charge on any atom is -0.371 e. The molecule has 1 unspecified atom stereocenters. The third-order valence-electron chi connectivity index (χ3n) is 5.94. The van der Waals surface area contributed by atoms with E-state index >= 15 is 0 Å². The molecule has 29 heavy (non-hydrogen) atoms. The molecule has 3 saturated heterocycles. The van der Waals surface area contributed by atoms with E-state index in [-0.39, 0.29) is 23.8 Å². The first-order valence-electron chi connectivity index (χ1n) is 10.4. The Bertz CT molecular complexity index is 751. The van der Waals surface area contributed by atoms with E-state index in [0.717, 1.165) is 57.8 Å². The molecule has 3 N–H and O–H groups in total. The smallest absolute Gasteiger partial charge is 0.249 e. The highest BCUT2D eigenvalue weighted by Gasteiger charge is 2.28. The fourth-order valence-corrected chi connectivity index (χ4v) is 4.19. The Morgan fingerprint density at radius 2 is 1.90 bits per heavy atom. The van der Waals surface area contributed by atoms with Gasteiger partial charge < -0.3 is 15.5 Å². The lowest BCUT2D eigenvalue weighted by atomic mass is 10.1. The van der Waals surface area contributed by atoms with E-state index in [2.05, 4.69) is 25.9 Å². The van der Waals surface area contributed by atoms with Crippen LogP contribution in [0.5, 0.6) is 0 Å². The molecule has 10 nitrogen and oxygen atoms in total. The maximum absolute atomic E-state index is 12.4. The van der Waals surface area contributed by atoms with Crippen LogP contribution in [0.15, 0.2) is 12.4 Å². The lowest BCUT2D eigenvalue weighted by Gasteiger charge is -2.34. The average Bonchev–Trinajstić information content (AvgIpc) is 3.20. The highest BCUT2D eigenvalue weighted by molar-refractivity contribution is 6.01. The first kappa shape index (κ1) is 19.8. The number of anilines is 1. The molecule has 0 bridgehead atoms. The first-order chi connectivity index (χ1) is 14.1. The number of aromatic nitrogens is 2. The van der Waals surface area contributed by atoms with Crippen LogP contribution < -0.4 is 16.0 Å². The predicted molar refractivity (Wildman–Crippen MR) is 106 cm³/mol. The Balaban J connectivity index is 1.24. The van der Waals surface area contributed by atoms with Gasteiger partial charge in [-0.1, -0.05) is 0 Å². The van der Waals surface area contributed by atoms with Crippen LogP contribution in [-0.4, -0.2) is 89.2 Å². The van der Waals surface area contributed by atoms with E-state index in [1.807, 2.05) is 15.8 Å². The molecule has 4 rings (SSSR count). The molecule has 158 valence electrons. The van der Waals surface area contributed by atoms with Gasteiger partial charge in [-0.05, 0) is 19.3 Å². The second kappa shape index (κ2) is 8.91. The van der Waals surface area contributed by atoms with Crippen molar-refractivity contribution in [1.82, 2.24) is 30.2 Å². The van der Waals surface area contributed by atoms with Gasteiger partial charge in [0.25, 0.3) is 0 Å². The molecule has 0 aromatic carbocycles. The molecular formula is C19H29N7O3. The molecule has 1 aromatic rings. The number of carbonyl (C=O) groups excluding carboxylic acids is 3. The number of imide groups is 1. The van der Waals surface area contributed by atoms with E-state index in [0.29, 0.717) is 19.4 Å². The van der Waals surface area contributed by atoms with Crippen LogP contribution in [0.25, 0.3) is 0 Å². The van der Waals surface area contributed by atoms with Gasteiger partial charge in [-0.25, -0.2) is 0 Å². The number of hydrogen-bond acceptors (Lipinski definition) is 7. The monoisotopic (exact) mass is 403 g/mol. The third kappa shape index (κ3) is 4.94. The summed E-state index contributed by atoms with van der Waals surface area (Å²) in [5.41, 5.74) is 0.788. The third-order valence-corrected chi connectivity index (χ3v) is 5.94. The van der Waals surface area contributed by atoms with Crippen LogP contribution in [0.2, 0.25) is 0 Å². The molecular weight excluding hydrogens is 374 g/mol. The molecule has 0 radical (unpaired) electrons. The van der Waals surface area contributed by atoms with Gasteiger partial charge in [0.1, 0.15) is 6.04 Å². The zero-order valence-electron chi connectivity index (χ0n) is 16.6. The summed E-state index contributed by atoms with van der Waals surface area (Å²) in [6.07, 6.45) is 6.38.